The lowest BCUT2D eigenvalue weighted by Crippen LogP contribution is -2.36. The zero-order chi connectivity index (χ0) is 15.1. The number of aromatic carboxylic acids is 1. The van der Waals surface area contributed by atoms with Gasteiger partial charge in [-0.1, -0.05) is 0 Å². The quantitative estimate of drug-likeness (QED) is 0.593. The Balaban J connectivity index is 2.60. The summed E-state index contributed by atoms with van der Waals surface area (Å²) < 4.78 is 4.90. The van der Waals surface area contributed by atoms with Gasteiger partial charge >= 0.3 is 12.0 Å². The molecule has 0 aromatic heterocycles. The molecule has 1 atom stereocenters. The summed E-state index contributed by atoms with van der Waals surface area (Å²) in [5.74, 6) is -1.45. The Bertz CT molecular complexity index is 490. The predicted octanol–water partition coefficient (Wildman–Crippen LogP) is 1.64. The zero-order valence-electron chi connectivity index (χ0n) is 11.3. The van der Waals surface area contributed by atoms with E-state index in [-0.39, 0.29) is 23.0 Å². The van der Waals surface area contributed by atoms with E-state index in [1.165, 1.54) is 12.1 Å². The van der Waals surface area contributed by atoms with Crippen LogP contribution in [0, 0.1) is 0 Å². The number of amides is 2. The molecule has 0 aliphatic heterocycles. The van der Waals surface area contributed by atoms with Gasteiger partial charge in [0.15, 0.2) is 0 Å². The summed E-state index contributed by atoms with van der Waals surface area (Å²) in [6.45, 7) is 2.35. The molecule has 0 bridgehead atoms. The number of carboxylic acid groups (broad SMARTS) is 1. The van der Waals surface area contributed by atoms with Gasteiger partial charge in [-0.15, -0.1) is 0 Å². The van der Waals surface area contributed by atoms with E-state index in [4.69, 9.17) is 9.84 Å². The number of benzene rings is 1. The number of carboxylic acids is 1. The fourth-order valence-electron chi connectivity index (χ4n) is 1.52. The van der Waals surface area contributed by atoms with Crippen molar-refractivity contribution in [2.75, 3.05) is 19.0 Å². The summed E-state index contributed by atoms with van der Waals surface area (Å²) >= 11 is 0. The molecule has 4 N–H and O–H groups in total. The molecule has 2 amide bonds. The Kier molecular flexibility index (Phi) is 5.79. The fraction of sp³-hybridized carbons (Fsp3) is 0.385. The third-order valence-electron chi connectivity index (χ3n) is 2.63. The minimum absolute atomic E-state index is 0.0538. The van der Waals surface area contributed by atoms with E-state index < -0.39 is 12.0 Å². The van der Waals surface area contributed by atoms with Crippen LogP contribution in [0.25, 0.3) is 0 Å². The van der Waals surface area contributed by atoms with E-state index in [1.54, 1.807) is 7.11 Å². The van der Waals surface area contributed by atoms with Gasteiger partial charge in [-0.3, -0.25) is 0 Å². The molecule has 1 unspecified atom stereocenters. The largest absolute Gasteiger partial charge is 0.506 e. The standard InChI is InChI=1S/C13H18N2O5/c1-8(5-6-20-2)14-13(19)15-10-4-3-9(12(17)18)7-11(10)16/h3-4,7-8,16H,5-6H2,1-2H3,(H,17,18)(H2,14,15,19). The molecule has 1 aromatic rings. The zero-order valence-corrected chi connectivity index (χ0v) is 11.3. The molecule has 7 heteroatoms. The second kappa shape index (κ2) is 7.34. The Morgan fingerprint density at radius 2 is 2.10 bits per heavy atom. The number of nitrogens with one attached hydrogen (secondary N) is 2. The van der Waals surface area contributed by atoms with E-state index in [9.17, 15) is 14.7 Å². The van der Waals surface area contributed by atoms with Crippen molar-refractivity contribution in [2.24, 2.45) is 0 Å². The highest BCUT2D eigenvalue weighted by Crippen LogP contribution is 2.24. The average molecular weight is 282 g/mol. The highest BCUT2D eigenvalue weighted by Gasteiger charge is 2.11. The van der Waals surface area contributed by atoms with Crippen molar-refractivity contribution in [3.8, 4) is 5.75 Å². The van der Waals surface area contributed by atoms with Crippen LogP contribution in [0.4, 0.5) is 10.5 Å². The van der Waals surface area contributed by atoms with Crippen molar-refractivity contribution >= 4 is 17.7 Å². The van der Waals surface area contributed by atoms with Crippen LogP contribution in [0.5, 0.6) is 5.75 Å². The summed E-state index contributed by atoms with van der Waals surface area (Å²) in [6, 6.07) is 3.14. The first-order valence-corrected chi connectivity index (χ1v) is 6.06. The minimum atomic E-state index is -1.15. The third kappa shape index (κ3) is 4.77. The number of hydrogen-bond acceptors (Lipinski definition) is 4. The summed E-state index contributed by atoms with van der Waals surface area (Å²) in [5, 5.41) is 23.5. The molecule has 0 spiro atoms. The average Bonchev–Trinajstić information content (AvgIpc) is 2.38. The molecule has 0 heterocycles. The highest BCUT2D eigenvalue weighted by molar-refractivity contribution is 5.93. The van der Waals surface area contributed by atoms with Crippen molar-refractivity contribution < 1.29 is 24.5 Å². The number of carbonyl (C=O) groups excluding carboxylic acids is 1. The Morgan fingerprint density at radius 1 is 1.40 bits per heavy atom. The lowest BCUT2D eigenvalue weighted by atomic mass is 10.2. The van der Waals surface area contributed by atoms with Crippen LogP contribution in [0.2, 0.25) is 0 Å². The van der Waals surface area contributed by atoms with Crippen LogP contribution in [-0.4, -0.2) is 42.0 Å². The number of methoxy groups -OCH3 is 1. The molecule has 0 aliphatic rings. The normalized spacial score (nSPS) is 11.7. The number of carbonyl (C=O) groups is 2. The molecule has 1 rings (SSSR count). The van der Waals surface area contributed by atoms with Gasteiger partial charge in [0.05, 0.1) is 11.3 Å². The number of phenols is 1. The van der Waals surface area contributed by atoms with Gasteiger partial charge in [0.1, 0.15) is 5.75 Å². The van der Waals surface area contributed by atoms with Gasteiger partial charge in [-0.05, 0) is 31.5 Å². The molecular formula is C13H18N2O5. The minimum Gasteiger partial charge on any atom is -0.506 e. The van der Waals surface area contributed by atoms with Crippen molar-refractivity contribution in [3.05, 3.63) is 23.8 Å². The number of phenolic OH excluding ortho intramolecular Hbond substituents is 1. The topological polar surface area (TPSA) is 108 Å². The van der Waals surface area contributed by atoms with E-state index in [0.717, 1.165) is 6.07 Å². The molecule has 20 heavy (non-hydrogen) atoms. The summed E-state index contributed by atoms with van der Waals surface area (Å²) in [4.78, 5) is 22.4. The van der Waals surface area contributed by atoms with E-state index >= 15 is 0 Å². The van der Waals surface area contributed by atoms with Crippen LogP contribution in [0.1, 0.15) is 23.7 Å². The summed E-state index contributed by atoms with van der Waals surface area (Å²) in [6.07, 6.45) is 0.661. The Hall–Kier alpha value is -2.28. The van der Waals surface area contributed by atoms with Crippen LogP contribution < -0.4 is 10.6 Å². The van der Waals surface area contributed by atoms with Crippen LogP contribution in [-0.2, 0) is 4.74 Å². The summed E-state index contributed by atoms with van der Waals surface area (Å²) in [5.41, 5.74) is 0.0911. The molecular weight excluding hydrogens is 264 g/mol. The Morgan fingerprint density at radius 3 is 2.65 bits per heavy atom. The molecule has 0 saturated carbocycles. The van der Waals surface area contributed by atoms with Gasteiger partial charge in [0, 0.05) is 19.8 Å². The first kappa shape index (κ1) is 15.8. The van der Waals surface area contributed by atoms with Crippen LogP contribution in [0.15, 0.2) is 18.2 Å². The molecule has 7 nitrogen and oxygen atoms in total. The highest BCUT2D eigenvalue weighted by atomic mass is 16.5. The number of aromatic hydroxyl groups is 1. The lowest BCUT2D eigenvalue weighted by molar-refractivity contribution is 0.0696. The van der Waals surface area contributed by atoms with Gasteiger partial charge in [-0.2, -0.15) is 0 Å². The first-order chi connectivity index (χ1) is 9.43. The van der Waals surface area contributed by atoms with Crippen molar-refractivity contribution in [1.82, 2.24) is 5.32 Å². The molecule has 0 saturated heterocycles. The SMILES string of the molecule is COCCC(C)NC(=O)Nc1ccc(C(=O)O)cc1O. The van der Waals surface area contributed by atoms with Crippen molar-refractivity contribution in [1.29, 1.82) is 0 Å². The smallest absolute Gasteiger partial charge is 0.335 e. The van der Waals surface area contributed by atoms with Crippen molar-refractivity contribution in [3.63, 3.8) is 0 Å². The van der Waals surface area contributed by atoms with E-state index in [1.807, 2.05) is 6.92 Å². The first-order valence-electron chi connectivity index (χ1n) is 6.06. The van der Waals surface area contributed by atoms with Crippen LogP contribution in [0.3, 0.4) is 0 Å². The summed E-state index contributed by atoms with van der Waals surface area (Å²) in [7, 11) is 1.58. The third-order valence-corrected chi connectivity index (χ3v) is 2.63. The molecule has 0 radical (unpaired) electrons. The number of rotatable bonds is 6. The van der Waals surface area contributed by atoms with Gasteiger partial charge in [0.25, 0.3) is 0 Å². The number of urea groups is 1. The maximum absolute atomic E-state index is 11.7. The second-order valence-corrected chi connectivity index (χ2v) is 4.32. The fourth-order valence-corrected chi connectivity index (χ4v) is 1.52. The molecule has 0 aliphatic carbocycles. The van der Waals surface area contributed by atoms with Gasteiger partial charge in [-0.25, -0.2) is 9.59 Å². The van der Waals surface area contributed by atoms with Crippen LogP contribution >= 0.6 is 0 Å². The van der Waals surface area contributed by atoms with E-state index in [0.29, 0.717) is 13.0 Å². The molecule has 110 valence electrons. The van der Waals surface area contributed by atoms with Crippen molar-refractivity contribution in [2.45, 2.75) is 19.4 Å². The van der Waals surface area contributed by atoms with Gasteiger partial charge in [0.2, 0.25) is 0 Å². The monoisotopic (exact) mass is 282 g/mol. The molecule has 1 aromatic carbocycles. The Labute approximate surface area is 116 Å². The lowest BCUT2D eigenvalue weighted by Gasteiger charge is -2.14. The van der Waals surface area contributed by atoms with E-state index in [2.05, 4.69) is 10.6 Å². The van der Waals surface area contributed by atoms with Gasteiger partial charge < -0.3 is 25.6 Å². The molecule has 0 fully saturated rings. The maximum atomic E-state index is 11.7. The number of anilines is 1. The predicted molar refractivity (Wildman–Crippen MR) is 73.2 cm³/mol. The maximum Gasteiger partial charge on any atom is 0.335 e. The number of ether oxygens (including phenoxy) is 1. The number of hydrogen-bond donors (Lipinski definition) is 4. The second-order valence-electron chi connectivity index (χ2n) is 4.32.